The Labute approximate surface area is 109 Å². The highest BCUT2D eigenvalue weighted by Crippen LogP contribution is 2.45. The van der Waals surface area contributed by atoms with Crippen LogP contribution in [0.2, 0.25) is 5.02 Å². The monoisotopic (exact) mass is 265 g/mol. The fourth-order valence-corrected chi connectivity index (χ4v) is 2.29. The smallest absolute Gasteiger partial charge is 0.231 e. The van der Waals surface area contributed by atoms with Crippen LogP contribution in [-0.2, 0) is 7.05 Å². The van der Waals surface area contributed by atoms with Crippen molar-refractivity contribution in [1.82, 2.24) is 9.78 Å². The molecule has 0 aliphatic carbocycles. The standard InChI is InChI=1S/C12H12ClN3O2/c1-6-7(9-4-10(14)16(2)15-9)3-8(13)12-11(6)17-5-18-12/h3-4H,5,14H2,1-2H3. The van der Waals surface area contributed by atoms with Gasteiger partial charge in [-0.3, -0.25) is 4.68 Å². The zero-order chi connectivity index (χ0) is 12.9. The molecule has 0 fully saturated rings. The van der Waals surface area contributed by atoms with Gasteiger partial charge in [-0.1, -0.05) is 11.6 Å². The average molecular weight is 266 g/mol. The normalized spacial score (nSPS) is 13.1. The number of hydrogen-bond donors (Lipinski definition) is 1. The van der Waals surface area contributed by atoms with Gasteiger partial charge in [0.05, 0.1) is 10.7 Å². The lowest BCUT2D eigenvalue weighted by atomic mass is 10.0. The number of nitrogens with two attached hydrogens (primary N) is 1. The van der Waals surface area contributed by atoms with Gasteiger partial charge in [0.15, 0.2) is 11.5 Å². The fraction of sp³-hybridized carbons (Fsp3) is 0.250. The first-order valence-electron chi connectivity index (χ1n) is 5.46. The van der Waals surface area contributed by atoms with E-state index in [0.717, 1.165) is 16.8 Å². The van der Waals surface area contributed by atoms with Gasteiger partial charge in [0.1, 0.15) is 5.82 Å². The van der Waals surface area contributed by atoms with Gasteiger partial charge in [0, 0.05) is 24.2 Å². The van der Waals surface area contributed by atoms with E-state index in [4.69, 9.17) is 26.8 Å². The second-order valence-corrected chi connectivity index (χ2v) is 4.58. The van der Waals surface area contributed by atoms with Gasteiger partial charge in [-0.25, -0.2) is 0 Å². The van der Waals surface area contributed by atoms with Crippen molar-refractivity contribution < 1.29 is 9.47 Å². The number of aryl methyl sites for hydroxylation is 1. The third-order valence-electron chi connectivity index (χ3n) is 3.04. The van der Waals surface area contributed by atoms with Crippen molar-refractivity contribution in [2.45, 2.75) is 6.92 Å². The van der Waals surface area contributed by atoms with Gasteiger partial charge in [0.25, 0.3) is 0 Å². The molecule has 1 aromatic carbocycles. The molecule has 1 aromatic heterocycles. The molecule has 2 heterocycles. The minimum atomic E-state index is 0.198. The second kappa shape index (κ2) is 3.81. The van der Waals surface area contributed by atoms with Crippen molar-refractivity contribution in [1.29, 1.82) is 0 Å². The van der Waals surface area contributed by atoms with Crippen LogP contribution in [-0.4, -0.2) is 16.6 Å². The first-order valence-corrected chi connectivity index (χ1v) is 5.84. The largest absolute Gasteiger partial charge is 0.453 e. The maximum Gasteiger partial charge on any atom is 0.231 e. The molecule has 2 N–H and O–H groups in total. The van der Waals surface area contributed by atoms with E-state index < -0.39 is 0 Å². The van der Waals surface area contributed by atoms with Crippen molar-refractivity contribution in [2.75, 3.05) is 12.5 Å². The highest BCUT2D eigenvalue weighted by molar-refractivity contribution is 6.32. The minimum absolute atomic E-state index is 0.198. The molecule has 6 heteroatoms. The van der Waals surface area contributed by atoms with E-state index in [1.165, 1.54) is 0 Å². The molecule has 1 aliphatic rings. The molecule has 2 aromatic rings. The summed E-state index contributed by atoms with van der Waals surface area (Å²) in [4.78, 5) is 0. The zero-order valence-electron chi connectivity index (χ0n) is 10.0. The summed E-state index contributed by atoms with van der Waals surface area (Å²) in [7, 11) is 1.79. The SMILES string of the molecule is Cc1c(-c2cc(N)n(C)n2)cc(Cl)c2c1OCO2. The van der Waals surface area contributed by atoms with Crippen molar-refractivity contribution >= 4 is 17.4 Å². The molecule has 0 saturated heterocycles. The Kier molecular flexibility index (Phi) is 2.38. The van der Waals surface area contributed by atoms with Gasteiger partial charge in [-0.2, -0.15) is 5.10 Å². The number of anilines is 1. The summed E-state index contributed by atoms with van der Waals surface area (Å²) in [6.07, 6.45) is 0. The first-order chi connectivity index (χ1) is 8.58. The average Bonchev–Trinajstić information content (AvgIpc) is 2.92. The topological polar surface area (TPSA) is 62.3 Å². The third kappa shape index (κ3) is 1.51. The Morgan fingerprint density at radius 1 is 1.33 bits per heavy atom. The van der Waals surface area contributed by atoms with Crippen LogP contribution < -0.4 is 15.2 Å². The summed E-state index contributed by atoms with van der Waals surface area (Å²) in [5, 5.41) is 4.87. The van der Waals surface area contributed by atoms with Gasteiger partial charge in [-0.15, -0.1) is 0 Å². The van der Waals surface area contributed by atoms with Crippen LogP contribution in [0.15, 0.2) is 12.1 Å². The summed E-state index contributed by atoms with van der Waals surface area (Å²) in [5.41, 5.74) is 8.41. The highest BCUT2D eigenvalue weighted by atomic mass is 35.5. The molecule has 3 rings (SSSR count). The van der Waals surface area contributed by atoms with Crippen LogP contribution in [0.3, 0.4) is 0 Å². The Bertz CT molecular complexity index is 617. The van der Waals surface area contributed by atoms with E-state index in [9.17, 15) is 0 Å². The predicted octanol–water partition coefficient (Wildman–Crippen LogP) is 2.36. The number of nitrogens with zero attached hydrogens (tertiary/aromatic N) is 2. The molecule has 18 heavy (non-hydrogen) atoms. The molecule has 1 aliphatic heterocycles. The van der Waals surface area contributed by atoms with Crippen LogP contribution >= 0.6 is 11.6 Å². The highest BCUT2D eigenvalue weighted by Gasteiger charge is 2.23. The number of aromatic nitrogens is 2. The maximum absolute atomic E-state index is 6.17. The number of benzene rings is 1. The number of ether oxygens (including phenoxy) is 2. The Hall–Kier alpha value is -1.88. The molecule has 0 saturated carbocycles. The second-order valence-electron chi connectivity index (χ2n) is 4.17. The molecular weight excluding hydrogens is 254 g/mol. The molecule has 0 unspecified atom stereocenters. The summed E-state index contributed by atoms with van der Waals surface area (Å²) in [6.45, 7) is 2.15. The van der Waals surface area contributed by atoms with E-state index >= 15 is 0 Å². The summed E-state index contributed by atoms with van der Waals surface area (Å²) in [5.74, 6) is 1.88. The molecular formula is C12H12ClN3O2. The van der Waals surface area contributed by atoms with Crippen LogP contribution in [0.4, 0.5) is 5.82 Å². The van der Waals surface area contributed by atoms with Crippen LogP contribution in [0.5, 0.6) is 11.5 Å². The lowest BCUT2D eigenvalue weighted by Crippen LogP contribution is -1.96. The zero-order valence-corrected chi connectivity index (χ0v) is 10.8. The summed E-state index contributed by atoms with van der Waals surface area (Å²) in [6, 6.07) is 3.63. The van der Waals surface area contributed by atoms with E-state index in [2.05, 4.69) is 5.10 Å². The van der Waals surface area contributed by atoms with Crippen LogP contribution in [0.25, 0.3) is 11.3 Å². The lowest BCUT2D eigenvalue weighted by molar-refractivity contribution is 0.173. The minimum Gasteiger partial charge on any atom is -0.453 e. The molecule has 0 spiro atoms. The maximum atomic E-state index is 6.17. The van der Waals surface area contributed by atoms with E-state index in [0.29, 0.717) is 22.3 Å². The molecule has 5 nitrogen and oxygen atoms in total. The Balaban J connectivity index is 2.21. The summed E-state index contributed by atoms with van der Waals surface area (Å²) >= 11 is 6.17. The van der Waals surface area contributed by atoms with Gasteiger partial charge in [0.2, 0.25) is 6.79 Å². The summed E-state index contributed by atoms with van der Waals surface area (Å²) < 4.78 is 12.4. The molecule has 0 bridgehead atoms. The Morgan fingerprint density at radius 2 is 2.06 bits per heavy atom. The number of fused-ring (bicyclic) bond motifs is 1. The molecule has 94 valence electrons. The van der Waals surface area contributed by atoms with Gasteiger partial charge >= 0.3 is 0 Å². The van der Waals surface area contributed by atoms with Crippen molar-refractivity contribution in [3.8, 4) is 22.8 Å². The van der Waals surface area contributed by atoms with Crippen molar-refractivity contribution in [2.24, 2.45) is 7.05 Å². The third-order valence-corrected chi connectivity index (χ3v) is 3.32. The molecule has 0 amide bonds. The molecule has 0 atom stereocenters. The predicted molar refractivity (Wildman–Crippen MR) is 68.9 cm³/mol. The van der Waals surface area contributed by atoms with E-state index in [-0.39, 0.29) is 6.79 Å². The van der Waals surface area contributed by atoms with Gasteiger partial charge in [-0.05, 0) is 13.0 Å². The fourth-order valence-electron chi connectivity index (χ4n) is 2.04. The first kappa shape index (κ1) is 11.2. The van der Waals surface area contributed by atoms with Crippen molar-refractivity contribution in [3.63, 3.8) is 0 Å². The van der Waals surface area contributed by atoms with Gasteiger partial charge < -0.3 is 15.2 Å². The number of nitrogen functional groups attached to an aromatic ring is 1. The quantitative estimate of drug-likeness (QED) is 0.860. The Morgan fingerprint density at radius 3 is 2.72 bits per heavy atom. The number of halogens is 1. The molecule has 0 radical (unpaired) electrons. The van der Waals surface area contributed by atoms with Crippen LogP contribution in [0.1, 0.15) is 5.56 Å². The van der Waals surface area contributed by atoms with E-state index in [1.54, 1.807) is 17.8 Å². The number of hydrogen-bond acceptors (Lipinski definition) is 4. The van der Waals surface area contributed by atoms with Crippen molar-refractivity contribution in [3.05, 3.63) is 22.7 Å². The lowest BCUT2D eigenvalue weighted by Gasteiger charge is -2.08. The van der Waals surface area contributed by atoms with E-state index in [1.807, 2.05) is 13.0 Å². The van der Waals surface area contributed by atoms with Crippen LogP contribution in [0, 0.1) is 6.92 Å². The number of rotatable bonds is 1.